The van der Waals surface area contributed by atoms with Crippen LogP contribution in [0, 0.1) is 18.8 Å². The first-order valence-electron chi connectivity index (χ1n) is 10.1. The van der Waals surface area contributed by atoms with Crippen LogP contribution in [-0.4, -0.2) is 32.2 Å². The number of alkyl halides is 3. The number of benzene rings is 1. The van der Waals surface area contributed by atoms with E-state index in [0.717, 1.165) is 12.1 Å². The van der Waals surface area contributed by atoms with Gasteiger partial charge in [-0.05, 0) is 49.7 Å². The molecule has 0 aliphatic heterocycles. The lowest BCUT2D eigenvalue weighted by atomic mass is 9.97. The number of hydrogen-bond acceptors (Lipinski definition) is 7. The van der Waals surface area contributed by atoms with Gasteiger partial charge in [0.05, 0.1) is 31.9 Å². The fourth-order valence-corrected chi connectivity index (χ4v) is 5.39. The molecule has 3 aromatic rings. The SMILES string of the molecule is COCN(c1cc(Cl)cnc1C(N=O)c1c(C)ccnc1C)S(=O)(=O)c1ccc(Cl)c(C(F)(F)F)c1. The first-order chi connectivity index (χ1) is 16.8. The smallest absolute Gasteiger partial charge is 0.363 e. The summed E-state index contributed by atoms with van der Waals surface area (Å²) in [6.45, 7) is 2.72. The number of rotatable bonds is 8. The summed E-state index contributed by atoms with van der Waals surface area (Å²) in [4.78, 5) is 19.7. The Morgan fingerprint density at radius 3 is 2.42 bits per heavy atom. The van der Waals surface area contributed by atoms with Crippen LogP contribution in [0.3, 0.4) is 0 Å². The van der Waals surface area contributed by atoms with Gasteiger partial charge in [-0.3, -0.25) is 9.97 Å². The molecule has 0 spiro atoms. The standard InChI is InChI=1S/C22H19Cl2F3N4O4S/c1-12-6-7-28-13(2)19(12)21(30-32)20-18(8-14(23)10-29-20)31(11-35-3)36(33,34)15-4-5-17(24)16(9-15)22(25,26)27/h4-10,21H,11H2,1-3H3. The van der Waals surface area contributed by atoms with Gasteiger partial charge in [0.2, 0.25) is 0 Å². The largest absolute Gasteiger partial charge is 0.417 e. The number of hydrogen-bond donors (Lipinski definition) is 0. The Balaban J connectivity index is 2.27. The third-order valence-corrected chi connectivity index (χ3v) is 7.52. The summed E-state index contributed by atoms with van der Waals surface area (Å²) in [7, 11) is -3.52. The van der Waals surface area contributed by atoms with Crippen molar-refractivity contribution in [3.05, 3.63) is 85.8 Å². The molecule has 0 fully saturated rings. The van der Waals surface area contributed by atoms with Gasteiger partial charge in [0.1, 0.15) is 6.73 Å². The molecule has 1 unspecified atom stereocenters. The molecule has 0 amide bonds. The second kappa shape index (κ2) is 10.7. The Bertz CT molecular complexity index is 1380. The Hall–Kier alpha value is -2.80. The quantitative estimate of drug-likeness (QED) is 0.244. The molecule has 2 aromatic heterocycles. The fraction of sp³-hybridized carbons (Fsp3) is 0.273. The van der Waals surface area contributed by atoms with E-state index in [1.807, 2.05) is 0 Å². The number of sulfonamides is 1. The van der Waals surface area contributed by atoms with Crippen molar-refractivity contribution in [2.75, 3.05) is 18.1 Å². The minimum Gasteiger partial charge on any atom is -0.363 e. The topological polar surface area (TPSA) is 102 Å². The summed E-state index contributed by atoms with van der Waals surface area (Å²) < 4.78 is 73.2. The van der Waals surface area contributed by atoms with Crippen LogP contribution in [0.4, 0.5) is 18.9 Å². The van der Waals surface area contributed by atoms with E-state index >= 15 is 0 Å². The summed E-state index contributed by atoms with van der Waals surface area (Å²) in [5, 5.41) is 2.50. The fourth-order valence-electron chi connectivity index (χ4n) is 3.60. The summed E-state index contributed by atoms with van der Waals surface area (Å²) in [5.41, 5.74) is -0.163. The van der Waals surface area contributed by atoms with Crippen molar-refractivity contribution < 1.29 is 26.3 Å². The van der Waals surface area contributed by atoms with E-state index in [1.165, 1.54) is 25.6 Å². The van der Waals surface area contributed by atoms with E-state index in [9.17, 15) is 26.5 Å². The number of ether oxygens (including phenoxy) is 1. The maximum atomic E-state index is 13.6. The molecule has 0 saturated carbocycles. The highest BCUT2D eigenvalue weighted by atomic mass is 35.5. The molecule has 0 radical (unpaired) electrons. The van der Waals surface area contributed by atoms with Crippen LogP contribution < -0.4 is 4.31 Å². The maximum absolute atomic E-state index is 13.6. The summed E-state index contributed by atoms with van der Waals surface area (Å²) in [6.07, 6.45) is -2.17. The molecule has 0 aliphatic rings. The molecule has 192 valence electrons. The van der Waals surface area contributed by atoms with Crippen molar-refractivity contribution in [2.45, 2.75) is 31.0 Å². The predicted octanol–water partition coefficient (Wildman–Crippen LogP) is 6.07. The molecule has 2 heterocycles. The van der Waals surface area contributed by atoms with Crippen LogP contribution in [0.5, 0.6) is 0 Å². The van der Waals surface area contributed by atoms with Crippen molar-refractivity contribution in [3.8, 4) is 0 Å². The number of aromatic nitrogens is 2. The molecule has 0 saturated heterocycles. The van der Waals surface area contributed by atoms with Gasteiger partial charge in [-0.1, -0.05) is 28.4 Å². The van der Waals surface area contributed by atoms with Gasteiger partial charge in [0.15, 0.2) is 6.04 Å². The summed E-state index contributed by atoms with van der Waals surface area (Å²) >= 11 is 11.8. The van der Waals surface area contributed by atoms with Gasteiger partial charge in [-0.2, -0.15) is 13.2 Å². The molecule has 36 heavy (non-hydrogen) atoms. The first kappa shape index (κ1) is 27.8. The highest BCUT2D eigenvalue weighted by molar-refractivity contribution is 7.92. The van der Waals surface area contributed by atoms with Gasteiger partial charge < -0.3 is 4.74 Å². The monoisotopic (exact) mass is 562 g/mol. The number of nitroso groups, excluding NO2 is 1. The Morgan fingerprint density at radius 1 is 1.14 bits per heavy atom. The highest BCUT2D eigenvalue weighted by Gasteiger charge is 2.37. The zero-order valence-corrected chi connectivity index (χ0v) is 21.4. The van der Waals surface area contributed by atoms with Crippen molar-refractivity contribution >= 4 is 38.9 Å². The van der Waals surface area contributed by atoms with Gasteiger partial charge in [0, 0.05) is 30.8 Å². The number of methoxy groups -OCH3 is 1. The van der Waals surface area contributed by atoms with E-state index in [2.05, 4.69) is 15.1 Å². The minimum absolute atomic E-state index is 0.00131. The molecule has 14 heteroatoms. The second-order valence-electron chi connectivity index (χ2n) is 7.60. The third-order valence-electron chi connectivity index (χ3n) is 5.26. The summed E-state index contributed by atoms with van der Waals surface area (Å²) in [6, 6.07) is 3.72. The van der Waals surface area contributed by atoms with Gasteiger partial charge >= 0.3 is 6.18 Å². The lowest BCUT2D eigenvalue weighted by Gasteiger charge is -2.27. The molecule has 1 aromatic carbocycles. The Labute approximate surface area is 215 Å². The molecule has 3 rings (SSSR count). The van der Waals surface area contributed by atoms with Crippen molar-refractivity contribution in [1.82, 2.24) is 9.97 Å². The van der Waals surface area contributed by atoms with Crippen molar-refractivity contribution in [3.63, 3.8) is 0 Å². The van der Waals surface area contributed by atoms with Gasteiger partial charge in [0.25, 0.3) is 10.0 Å². The number of aryl methyl sites for hydroxylation is 2. The van der Waals surface area contributed by atoms with E-state index in [1.54, 1.807) is 19.9 Å². The molecular weight excluding hydrogens is 544 g/mol. The molecule has 8 nitrogen and oxygen atoms in total. The number of anilines is 1. The average Bonchev–Trinajstić information content (AvgIpc) is 2.79. The number of pyridine rings is 2. The second-order valence-corrected chi connectivity index (χ2v) is 10.3. The molecule has 0 bridgehead atoms. The first-order valence-corrected chi connectivity index (χ1v) is 12.3. The van der Waals surface area contributed by atoms with Crippen LogP contribution in [0.15, 0.2) is 52.8 Å². The van der Waals surface area contributed by atoms with E-state index in [-0.39, 0.29) is 16.4 Å². The van der Waals surface area contributed by atoms with Crippen LogP contribution in [0.25, 0.3) is 0 Å². The normalized spacial score (nSPS) is 12.9. The maximum Gasteiger partial charge on any atom is 0.417 e. The van der Waals surface area contributed by atoms with Gasteiger partial charge in [-0.15, -0.1) is 4.91 Å². The molecule has 0 N–H and O–H groups in total. The highest BCUT2D eigenvalue weighted by Crippen LogP contribution is 2.40. The Morgan fingerprint density at radius 2 is 1.83 bits per heavy atom. The number of nitrogens with zero attached hydrogens (tertiary/aromatic N) is 4. The van der Waals surface area contributed by atoms with Crippen molar-refractivity contribution in [2.24, 2.45) is 5.18 Å². The van der Waals surface area contributed by atoms with E-state index in [4.69, 9.17) is 27.9 Å². The molecule has 1 atom stereocenters. The van der Waals surface area contributed by atoms with Crippen LogP contribution >= 0.6 is 23.2 Å². The van der Waals surface area contributed by atoms with E-state index in [0.29, 0.717) is 27.2 Å². The minimum atomic E-state index is -4.90. The third kappa shape index (κ3) is 5.46. The lowest BCUT2D eigenvalue weighted by molar-refractivity contribution is -0.137. The zero-order chi connectivity index (χ0) is 26.8. The molecular formula is C22H19Cl2F3N4O4S. The average molecular weight is 563 g/mol. The van der Waals surface area contributed by atoms with Crippen LogP contribution in [0.1, 0.15) is 34.1 Å². The summed E-state index contributed by atoms with van der Waals surface area (Å²) in [5.74, 6) is 0. The van der Waals surface area contributed by atoms with Gasteiger partial charge in [-0.25, -0.2) is 12.7 Å². The van der Waals surface area contributed by atoms with E-state index < -0.39 is 44.5 Å². The lowest BCUT2D eigenvalue weighted by Crippen LogP contribution is -2.34. The van der Waals surface area contributed by atoms with Crippen molar-refractivity contribution in [1.29, 1.82) is 0 Å². The Kier molecular flexibility index (Phi) is 8.23. The number of halogens is 5. The van der Waals surface area contributed by atoms with Crippen LogP contribution in [-0.2, 0) is 20.9 Å². The predicted molar refractivity (Wildman–Crippen MR) is 129 cm³/mol. The zero-order valence-electron chi connectivity index (χ0n) is 19.0. The molecule has 0 aliphatic carbocycles. The van der Waals surface area contributed by atoms with Crippen LogP contribution in [0.2, 0.25) is 10.0 Å².